The minimum Gasteiger partial charge on any atom is -0.475 e. The maximum atomic E-state index is 11.5. The summed E-state index contributed by atoms with van der Waals surface area (Å²) >= 11 is 3.19. The molecule has 0 spiro atoms. The molecule has 1 aliphatic heterocycles. The molecule has 0 aromatic heterocycles. The van der Waals surface area contributed by atoms with E-state index in [1.807, 2.05) is 0 Å². The Kier molecular flexibility index (Phi) is 3.21. The van der Waals surface area contributed by atoms with Crippen LogP contribution in [0.2, 0.25) is 0 Å². The van der Waals surface area contributed by atoms with Crippen molar-refractivity contribution in [2.45, 2.75) is 13.3 Å². The lowest BCUT2D eigenvalue weighted by Crippen LogP contribution is -2.26. The van der Waals surface area contributed by atoms with Crippen LogP contribution < -0.4 is 4.90 Å². The number of aliphatic carboxylic acids is 1. The van der Waals surface area contributed by atoms with Crippen molar-refractivity contribution in [3.05, 3.63) is 27.7 Å². The second-order valence-electron chi connectivity index (χ2n) is 4.02. The molecule has 1 heterocycles. The number of Topliss-reactive ketones (excluding diaryl/α,β-unsaturated/α-hetero) is 1. The molecule has 1 amide bonds. The van der Waals surface area contributed by atoms with Crippen LogP contribution in [0.15, 0.2) is 16.6 Å². The highest BCUT2D eigenvalue weighted by molar-refractivity contribution is 9.10. The number of carbonyl (C=O) groups excluding carboxylic acids is 2. The number of halogens is 1. The van der Waals surface area contributed by atoms with Gasteiger partial charge in [0.15, 0.2) is 0 Å². The molecule has 2 rings (SSSR count). The van der Waals surface area contributed by atoms with Crippen LogP contribution in [-0.4, -0.2) is 29.3 Å². The topological polar surface area (TPSA) is 74.7 Å². The van der Waals surface area contributed by atoms with Crippen molar-refractivity contribution in [2.24, 2.45) is 0 Å². The zero-order chi connectivity index (χ0) is 13.4. The van der Waals surface area contributed by atoms with Crippen LogP contribution in [0.5, 0.6) is 0 Å². The van der Waals surface area contributed by atoms with E-state index in [4.69, 9.17) is 5.11 Å². The summed E-state index contributed by atoms with van der Waals surface area (Å²) in [4.78, 5) is 35.2. The Bertz CT molecular complexity index is 567. The predicted molar refractivity (Wildman–Crippen MR) is 67.8 cm³/mol. The first-order valence-electron chi connectivity index (χ1n) is 5.30. The first-order chi connectivity index (χ1) is 8.41. The van der Waals surface area contributed by atoms with E-state index >= 15 is 0 Å². The highest BCUT2D eigenvalue weighted by Crippen LogP contribution is 2.33. The summed E-state index contributed by atoms with van der Waals surface area (Å²) in [7, 11) is 0. The Labute approximate surface area is 112 Å². The van der Waals surface area contributed by atoms with Crippen molar-refractivity contribution in [3.63, 3.8) is 0 Å². The number of carbonyl (C=O) groups is 3. The fourth-order valence-electron chi connectivity index (χ4n) is 2.02. The number of hydrogen-bond donors (Lipinski definition) is 1. The lowest BCUT2D eigenvalue weighted by Gasteiger charge is -2.15. The van der Waals surface area contributed by atoms with Crippen LogP contribution >= 0.6 is 15.9 Å². The van der Waals surface area contributed by atoms with Crippen LogP contribution in [-0.2, 0) is 16.0 Å². The summed E-state index contributed by atoms with van der Waals surface area (Å²) in [6, 6.07) is 3.17. The first-order valence-corrected chi connectivity index (χ1v) is 6.09. The van der Waals surface area contributed by atoms with Gasteiger partial charge in [0.25, 0.3) is 5.78 Å². The van der Waals surface area contributed by atoms with Gasteiger partial charge in [-0.15, -0.1) is 0 Å². The summed E-state index contributed by atoms with van der Waals surface area (Å²) < 4.78 is 0.444. The van der Waals surface area contributed by atoms with Crippen LogP contribution in [0.25, 0.3) is 0 Å². The molecule has 5 nitrogen and oxygen atoms in total. The molecule has 1 N–H and O–H groups in total. The van der Waals surface area contributed by atoms with Gasteiger partial charge in [-0.3, -0.25) is 9.59 Å². The number of amides is 1. The van der Waals surface area contributed by atoms with Gasteiger partial charge in [0.05, 0.1) is 0 Å². The SMILES string of the molecule is CC(=O)N1CCc2cc(Br)c(C(=O)C(=O)O)cc21. The van der Waals surface area contributed by atoms with E-state index in [9.17, 15) is 14.4 Å². The number of ketones is 1. The summed E-state index contributed by atoms with van der Waals surface area (Å²) in [5.41, 5.74) is 1.61. The number of carboxylic acid groups (broad SMARTS) is 1. The van der Waals surface area contributed by atoms with Crippen LogP contribution in [0.4, 0.5) is 5.69 Å². The summed E-state index contributed by atoms with van der Waals surface area (Å²) in [5.74, 6) is -2.62. The molecule has 0 saturated heterocycles. The minimum atomic E-state index is -1.51. The molecule has 1 aromatic carbocycles. The van der Waals surface area contributed by atoms with Crippen molar-refractivity contribution in [1.82, 2.24) is 0 Å². The third-order valence-electron chi connectivity index (χ3n) is 2.88. The molecular weight excluding hydrogens is 302 g/mol. The normalized spacial score (nSPS) is 13.3. The molecule has 0 atom stereocenters. The van der Waals surface area contributed by atoms with E-state index in [1.165, 1.54) is 13.0 Å². The average molecular weight is 312 g/mol. The molecule has 0 bridgehead atoms. The number of benzene rings is 1. The van der Waals surface area contributed by atoms with Gasteiger partial charge in [-0.25, -0.2) is 4.79 Å². The zero-order valence-corrected chi connectivity index (χ0v) is 11.2. The van der Waals surface area contributed by atoms with Crippen molar-refractivity contribution < 1.29 is 19.5 Å². The molecule has 1 aromatic rings. The molecule has 0 radical (unpaired) electrons. The Hall–Kier alpha value is -1.69. The van der Waals surface area contributed by atoms with E-state index in [0.29, 0.717) is 23.1 Å². The number of nitrogens with zero attached hydrogens (tertiary/aromatic N) is 1. The molecule has 0 aliphatic carbocycles. The molecule has 18 heavy (non-hydrogen) atoms. The Morgan fingerprint density at radius 2 is 2.00 bits per heavy atom. The first kappa shape index (κ1) is 12.8. The summed E-state index contributed by atoms with van der Waals surface area (Å²) in [6.07, 6.45) is 0.703. The standard InChI is InChI=1S/C12H10BrNO4/c1-6(15)14-3-2-7-4-9(13)8(5-10(7)14)11(16)12(17)18/h4-5H,2-3H2,1H3,(H,17,18). The van der Waals surface area contributed by atoms with E-state index in [2.05, 4.69) is 15.9 Å². The summed E-state index contributed by atoms with van der Waals surface area (Å²) in [5, 5.41) is 8.73. The third-order valence-corrected chi connectivity index (χ3v) is 3.54. The highest BCUT2D eigenvalue weighted by Gasteiger charge is 2.26. The predicted octanol–water partition coefficient (Wildman–Crippen LogP) is 1.63. The monoisotopic (exact) mass is 311 g/mol. The number of anilines is 1. The maximum Gasteiger partial charge on any atom is 0.377 e. The van der Waals surface area contributed by atoms with Gasteiger partial charge in [-0.05, 0) is 24.1 Å². The third kappa shape index (κ3) is 2.03. The molecule has 0 unspecified atom stereocenters. The van der Waals surface area contributed by atoms with E-state index < -0.39 is 11.8 Å². The summed E-state index contributed by atoms with van der Waals surface area (Å²) in [6.45, 7) is 2.00. The lowest BCUT2D eigenvalue weighted by molar-refractivity contribution is -0.131. The van der Waals surface area contributed by atoms with Gasteiger partial charge in [0.2, 0.25) is 5.91 Å². The second-order valence-corrected chi connectivity index (χ2v) is 4.87. The highest BCUT2D eigenvalue weighted by atomic mass is 79.9. The Morgan fingerprint density at radius 3 is 2.56 bits per heavy atom. The molecule has 94 valence electrons. The van der Waals surface area contributed by atoms with Gasteiger partial charge >= 0.3 is 5.97 Å². The molecule has 0 fully saturated rings. The second kappa shape index (κ2) is 4.53. The van der Waals surface area contributed by atoms with E-state index in [-0.39, 0.29) is 11.5 Å². The molecular formula is C12H10BrNO4. The number of carboxylic acids is 1. The lowest BCUT2D eigenvalue weighted by atomic mass is 10.1. The van der Waals surface area contributed by atoms with Crippen molar-refractivity contribution in [1.29, 1.82) is 0 Å². The quantitative estimate of drug-likeness (QED) is 0.665. The van der Waals surface area contributed by atoms with E-state index in [0.717, 1.165) is 5.56 Å². The Balaban J connectivity index is 2.53. The minimum absolute atomic E-state index is 0.0643. The van der Waals surface area contributed by atoms with Gasteiger partial charge in [-0.1, -0.05) is 15.9 Å². The van der Waals surface area contributed by atoms with Crippen LogP contribution in [0, 0.1) is 0 Å². The largest absolute Gasteiger partial charge is 0.475 e. The fourth-order valence-corrected chi connectivity index (χ4v) is 2.59. The molecule has 0 saturated carbocycles. The maximum absolute atomic E-state index is 11.5. The fraction of sp³-hybridized carbons (Fsp3) is 0.250. The van der Waals surface area contributed by atoms with E-state index in [1.54, 1.807) is 11.0 Å². The van der Waals surface area contributed by atoms with Crippen LogP contribution in [0.3, 0.4) is 0 Å². The molecule has 6 heteroatoms. The van der Waals surface area contributed by atoms with Gasteiger partial charge in [-0.2, -0.15) is 0 Å². The average Bonchev–Trinajstić information content (AvgIpc) is 2.69. The van der Waals surface area contributed by atoms with Crippen molar-refractivity contribution in [3.8, 4) is 0 Å². The van der Waals surface area contributed by atoms with Crippen molar-refractivity contribution >= 4 is 39.3 Å². The number of hydrogen-bond acceptors (Lipinski definition) is 3. The number of rotatable bonds is 2. The van der Waals surface area contributed by atoms with Crippen LogP contribution in [0.1, 0.15) is 22.8 Å². The van der Waals surface area contributed by atoms with Crippen molar-refractivity contribution in [2.75, 3.05) is 11.4 Å². The smallest absolute Gasteiger partial charge is 0.377 e. The van der Waals surface area contributed by atoms with Gasteiger partial charge in [0.1, 0.15) is 0 Å². The Morgan fingerprint density at radius 1 is 1.33 bits per heavy atom. The molecule has 1 aliphatic rings. The van der Waals surface area contributed by atoms with Gasteiger partial charge in [0, 0.05) is 29.2 Å². The number of fused-ring (bicyclic) bond motifs is 1. The van der Waals surface area contributed by atoms with Gasteiger partial charge < -0.3 is 10.0 Å². The zero-order valence-electron chi connectivity index (χ0n) is 9.57.